The summed E-state index contributed by atoms with van der Waals surface area (Å²) in [5.74, 6) is 0.780. The molecule has 0 saturated carbocycles. The number of rotatable bonds is 6. The van der Waals surface area contributed by atoms with E-state index in [-0.39, 0.29) is 16.7 Å². The fourth-order valence-electron chi connectivity index (χ4n) is 3.91. The van der Waals surface area contributed by atoms with E-state index in [2.05, 4.69) is 11.8 Å². The number of sulfonamides is 1. The molecule has 7 nitrogen and oxygen atoms in total. The van der Waals surface area contributed by atoms with Gasteiger partial charge >= 0.3 is 0 Å². The Bertz CT molecular complexity index is 750. The molecule has 0 radical (unpaired) electrons. The molecule has 156 valence electrons. The number of benzene rings is 1. The lowest BCUT2D eigenvalue weighted by atomic mass is 9.96. The van der Waals surface area contributed by atoms with E-state index in [4.69, 9.17) is 4.74 Å². The van der Waals surface area contributed by atoms with Crippen LogP contribution in [0.5, 0.6) is 5.75 Å². The van der Waals surface area contributed by atoms with Crippen molar-refractivity contribution in [2.75, 3.05) is 52.4 Å². The lowest BCUT2D eigenvalue weighted by Crippen LogP contribution is -2.51. The van der Waals surface area contributed by atoms with Crippen molar-refractivity contribution in [2.45, 2.75) is 31.6 Å². The van der Waals surface area contributed by atoms with E-state index in [1.807, 2.05) is 11.8 Å². The van der Waals surface area contributed by atoms with E-state index in [1.165, 1.54) is 4.31 Å². The zero-order valence-electron chi connectivity index (χ0n) is 16.8. The number of hydrogen-bond acceptors (Lipinski definition) is 5. The van der Waals surface area contributed by atoms with Crippen LogP contribution in [-0.2, 0) is 14.8 Å². The fourth-order valence-corrected chi connectivity index (χ4v) is 5.38. The third kappa shape index (κ3) is 4.67. The molecule has 8 heteroatoms. The Morgan fingerprint density at radius 3 is 2.14 bits per heavy atom. The van der Waals surface area contributed by atoms with Crippen LogP contribution < -0.4 is 4.74 Å². The minimum Gasteiger partial charge on any atom is -0.494 e. The van der Waals surface area contributed by atoms with E-state index < -0.39 is 10.0 Å². The van der Waals surface area contributed by atoms with Gasteiger partial charge < -0.3 is 14.5 Å². The molecule has 28 heavy (non-hydrogen) atoms. The van der Waals surface area contributed by atoms with Crippen LogP contribution in [0.25, 0.3) is 0 Å². The number of nitrogens with zero attached hydrogens (tertiary/aromatic N) is 3. The smallest absolute Gasteiger partial charge is 0.243 e. The van der Waals surface area contributed by atoms with Crippen LogP contribution in [0.1, 0.15) is 26.7 Å². The maximum Gasteiger partial charge on any atom is 0.243 e. The zero-order chi connectivity index (χ0) is 20.1. The topological polar surface area (TPSA) is 70.2 Å². The molecular formula is C20H31N3O4S. The number of ether oxygens (including phenoxy) is 1. The van der Waals surface area contributed by atoms with Crippen molar-refractivity contribution >= 4 is 15.9 Å². The first-order valence-electron chi connectivity index (χ1n) is 10.2. The number of likely N-dealkylation sites (N-methyl/N-ethyl adjacent to an activating group) is 1. The molecule has 0 aromatic heterocycles. The fraction of sp³-hybridized carbons (Fsp3) is 0.650. The van der Waals surface area contributed by atoms with Crippen LogP contribution in [0, 0.1) is 5.92 Å². The zero-order valence-corrected chi connectivity index (χ0v) is 17.7. The Balaban J connectivity index is 1.56. The number of piperazine rings is 1. The molecule has 2 aliphatic rings. The Morgan fingerprint density at radius 1 is 1.00 bits per heavy atom. The van der Waals surface area contributed by atoms with Crippen molar-refractivity contribution in [1.82, 2.24) is 14.1 Å². The Hall–Kier alpha value is -1.64. The van der Waals surface area contributed by atoms with Crippen molar-refractivity contribution in [3.8, 4) is 5.75 Å². The first-order chi connectivity index (χ1) is 13.5. The average molecular weight is 410 g/mol. The quantitative estimate of drug-likeness (QED) is 0.715. The van der Waals surface area contributed by atoms with Gasteiger partial charge in [-0.15, -0.1) is 0 Å². The minimum atomic E-state index is -3.53. The number of amides is 1. The monoisotopic (exact) mass is 409 g/mol. The van der Waals surface area contributed by atoms with Gasteiger partial charge in [-0.3, -0.25) is 4.79 Å². The van der Waals surface area contributed by atoms with E-state index in [0.29, 0.717) is 38.3 Å². The van der Waals surface area contributed by atoms with Crippen LogP contribution in [0.4, 0.5) is 0 Å². The molecule has 0 spiro atoms. The molecule has 0 atom stereocenters. The summed E-state index contributed by atoms with van der Waals surface area (Å²) in [7, 11) is -3.53. The number of hydrogen-bond donors (Lipinski definition) is 0. The summed E-state index contributed by atoms with van der Waals surface area (Å²) in [6, 6.07) is 6.54. The summed E-state index contributed by atoms with van der Waals surface area (Å²) in [5.41, 5.74) is 0. The maximum atomic E-state index is 12.9. The summed E-state index contributed by atoms with van der Waals surface area (Å²) in [4.78, 5) is 17.4. The van der Waals surface area contributed by atoms with E-state index >= 15 is 0 Å². The number of carbonyl (C=O) groups excluding carboxylic acids is 1. The van der Waals surface area contributed by atoms with E-state index in [9.17, 15) is 13.2 Å². The van der Waals surface area contributed by atoms with Gasteiger partial charge in [0.05, 0.1) is 11.5 Å². The third-order valence-corrected chi connectivity index (χ3v) is 7.62. The van der Waals surface area contributed by atoms with Gasteiger partial charge in [0.2, 0.25) is 15.9 Å². The standard InChI is InChI=1S/C20H31N3O4S/c1-3-21-13-15-22(16-14-21)20(24)17-9-11-23(12-10-17)28(25,26)19-7-5-18(6-8-19)27-4-2/h5-8,17H,3-4,9-16H2,1-2H3. The Labute approximate surface area is 168 Å². The number of carbonyl (C=O) groups is 1. The van der Waals surface area contributed by atoms with E-state index in [0.717, 1.165) is 32.7 Å². The molecule has 2 saturated heterocycles. The van der Waals surface area contributed by atoms with Gasteiger partial charge in [-0.1, -0.05) is 6.92 Å². The van der Waals surface area contributed by atoms with Gasteiger partial charge in [-0.25, -0.2) is 8.42 Å². The molecule has 0 aliphatic carbocycles. The Morgan fingerprint density at radius 2 is 1.61 bits per heavy atom. The maximum absolute atomic E-state index is 12.9. The SMILES string of the molecule is CCOc1ccc(S(=O)(=O)N2CCC(C(=O)N3CCN(CC)CC3)CC2)cc1. The van der Waals surface area contributed by atoms with Crippen LogP contribution in [0.3, 0.4) is 0 Å². The lowest BCUT2D eigenvalue weighted by molar-refractivity contribution is -0.138. The lowest BCUT2D eigenvalue weighted by Gasteiger charge is -2.38. The average Bonchev–Trinajstić information content (AvgIpc) is 2.74. The molecule has 0 unspecified atom stereocenters. The van der Waals surface area contributed by atoms with Crippen molar-refractivity contribution in [1.29, 1.82) is 0 Å². The largest absolute Gasteiger partial charge is 0.494 e. The summed E-state index contributed by atoms with van der Waals surface area (Å²) in [6.45, 7) is 9.76. The van der Waals surface area contributed by atoms with Gasteiger partial charge in [-0.2, -0.15) is 4.31 Å². The molecule has 1 aromatic carbocycles. The van der Waals surface area contributed by atoms with Crippen LogP contribution in [-0.4, -0.2) is 80.9 Å². The molecule has 1 aromatic rings. The summed E-state index contributed by atoms with van der Waals surface area (Å²) in [6.07, 6.45) is 1.17. The van der Waals surface area contributed by atoms with Crippen molar-refractivity contribution < 1.29 is 17.9 Å². The van der Waals surface area contributed by atoms with Crippen molar-refractivity contribution in [2.24, 2.45) is 5.92 Å². The summed E-state index contributed by atoms with van der Waals surface area (Å²) in [5, 5.41) is 0. The normalized spacial score (nSPS) is 20.3. The Kier molecular flexibility index (Phi) is 6.95. The predicted molar refractivity (Wildman–Crippen MR) is 108 cm³/mol. The highest BCUT2D eigenvalue weighted by molar-refractivity contribution is 7.89. The first-order valence-corrected chi connectivity index (χ1v) is 11.6. The second-order valence-corrected chi connectivity index (χ2v) is 9.28. The van der Waals surface area contributed by atoms with Gasteiger partial charge in [0, 0.05) is 45.2 Å². The molecule has 1 amide bonds. The van der Waals surface area contributed by atoms with Gasteiger partial charge in [0.25, 0.3) is 0 Å². The number of piperidine rings is 1. The summed E-state index contributed by atoms with van der Waals surface area (Å²) >= 11 is 0. The van der Waals surface area contributed by atoms with Crippen LogP contribution in [0.15, 0.2) is 29.2 Å². The first kappa shape index (κ1) is 21.1. The molecule has 2 fully saturated rings. The summed E-state index contributed by atoms with van der Waals surface area (Å²) < 4.78 is 32.7. The highest BCUT2D eigenvalue weighted by Crippen LogP contribution is 2.26. The van der Waals surface area contributed by atoms with E-state index in [1.54, 1.807) is 24.3 Å². The van der Waals surface area contributed by atoms with Gasteiger partial charge in [-0.05, 0) is 50.6 Å². The van der Waals surface area contributed by atoms with Gasteiger partial charge in [0.15, 0.2) is 0 Å². The van der Waals surface area contributed by atoms with Crippen LogP contribution in [0.2, 0.25) is 0 Å². The van der Waals surface area contributed by atoms with Gasteiger partial charge in [0.1, 0.15) is 5.75 Å². The predicted octanol–water partition coefficient (Wildman–Crippen LogP) is 1.65. The molecule has 0 N–H and O–H groups in total. The highest BCUT2D eigenvalue weighted by atomic mass is 32.2. The second-order valence-electron chi connectivity index (χ2n) is 7.34. The van der Waals surface area contributed by atoms with Crippen LogP contribution >= 0.6 is 0 Å². The second kappa shape index (κ2) is 9.24. The van der Waals surface area contributed by atoms with Crippen molar-refractivity contribution in [3.05, 3.63) is 24.3 Å². The minimum absolute atomic E-state index is 0.0695. The third-order valence-electron chi connectivity index (χ3n) is 5.71. The molecule has 2 heterocycles. The molecular weight excluding hydrogens is 378 g/mol. The molecule has 0 bridgehead atoms. The highest BCUT2D eigenvalue weighted by Gasteiger charge is 2.34. The molecule has 3 rings (SSSR count). The molecule has 2 aliphatic heterocycles. The van der Waals surface area contributed by atoms with Crippen molar-refractivity contribution in [3.63, 3.8) is 0 Å².